The van der Waals surface area contributed by atoms with Gasteiger partial charge in [-0.15, -0.1) is 11.3 Å². The Morgan fingerprint density at radius 3 is 1.94 bits per heavy atom. The summed E-state index contributed by atoms with van der Waals surface area (Å²) >= 11 is 3.09. The van der Waals surface area contributed by atoms with Crippen molar-refractivity contribution in [2.45, 2.75) is 18.0 Å². The largest absolute Gasteiger partial charge is 0.460 e. The Bertz CT molecular complexity index is 464. The lowest BCUT2D eigenvalue weighted by molar-refractivity contribution is -0.339. The Balaban J connectivity index is 3.18. The van der Waals surface area contributed by atoms with E-state index in [0.717, 1.165) is 11.4 Å². The summed E-state index contributed by atoms with van der Waals surface area (Å²) in [7, 11) is 0. The van der Waals surface area contributed by atoms with Gasteiger partial charge in [0, 0.05) is 9.85 Å². The second kappa shape index (κ2) is 4.48. The van der Waals surface area contributed by atoms with Gasteiger partial charge >= 0.3 is 18.0 Å². The minimum Gasteiger partial charge on any atom is -0.286 e. The molecule has 0 amide bonds. The zero-order chi connectivity index (χ0) is 14.4. The number of alkyl halides is 7. The Hall–Kier alpha value is -0.640. The van der Waals surface area contributed by atoms with Crippen LogP contribution in [0.15, 0.2) is 15.9 Å². The number of hydrogen-bond donors (Lipinski definition) is 0. The van der Waals surface area contributed by atoms with Gasteiger partial charge in [-0.25, -0.2) is 0 Å². The standard InChI is InChI=1S/C8H2BrF7OS/c9-3-1-4(18-2-3)5(17)6(10,11)7(12,13)8(14,15)16/h1-2H. The number of thiophene rings is 1. The van der Waals surface area contributed by atoms with E-state index in [2.05, 4.69) is 15.9 Å². The van der Waals surface area contributed by atoms with E-state index < -0.39 is 28.7 Å². The van der Waals surface area contributed by atoms with Gasteiger partial charge in [0.05, 0.1) is 4.88 Å². The zero-order valence-corrected chi connectivity index (χ0v) is 10.4. The van der Waals surface area contributed by atoms with E-state index in [0.29, 0.717) is 11.3 Å². The molecule has 1 rings (SSSR count). The number of rotatable bonds is 3. The molecule has 0 aliphatic heterocycles. The molecule has 18 heavy (non-hydrogen) atoms. The van der Waals surface area contributed by atoms with Gasteiger partial charge < -0.3 is 0 Å². The molecule has 1 heterocycles. The fraction of sp³-hybridized carbons (Fsp3) is 0.375. The molecule has 102 valence electrons. The molecular weight excluding hydrogens is 357 g/mol. The van der Waals surface area contributed by atoms with Crippen molar-refractivity contribution in [3.8, 4) is 0 Å². The van der Waals surface area contributed by atoms with E-state index >= 15 is 0 Å². The number of ketones is 1. The first kappa shape index (κ1) is 15.4. The maximum absolute atomic E-state index is 13.0. The molecule has 0 fully saturated rings. The van der Waals surface area contributed by atoms with Gasteiger partial charge in [-0.1, -0.05) is 0 Å². The molecule has 0 aromatic carbocycles. The minimum atomic E-state index is -6.51. The van der Waals surface area contributed by atoms with Gasteiger partial charge in [0.2, 0.25) is 5.78 Å². The number of carbonyl (C=O) groups is 1. The van der Waals surface area contributed by atoms with Crippen LogP contribution in [0.3, 0.4) is 0 Å². The molecule has 0 unspecified atom stereocenters. The highest BCUT2D eigenvalue weighted by molar-refractivity contribution is 9.10. The van der Waals surface area contributed by atoms with Crippen LogP contribution in [0.25, 0.3) is 0 Å². The van der Waals surface area contributed by atoms with E-state index in [1.807, 2.05) is 0 Å². The Morgan fingerprint density at radius 1 is 1.11 bits per heavy atom. The minimum absolute atomic E-state index is 0.127. The molecule has 0 aliphatic carbocycles. The summed E-state index contributed by atoms with van der Waals surface area (Å²) in [6.45, 7) is 0. The summed E-state index contributed by atoms with van der Waals surface area (Å²) in [6, 6.07) is 0.743. The van der Waals surface area contributed by atoms with Gasteiger partial charge in [-0.3, -0.25) is 4.79 Å². The molecule has 1 aromatic rings. The highest BCUT2D eigenvalue weighted by Crippen LogP contribution is 2.48. The third kappa shape index (κ3) is 2.40. The zero-order valence-electron chi connectivity index (χ0n) is 7.99. The van der Waals surface area contributed by atoms with Crippen LogP contribution in [0.1, 0.15) is 9.67 Å². The quantitative estimate of drug-likeness (QED) is 0.573. The Morgan fingerprint density at radius 2 is 1.61 bits per heavy atom. The lowest BCUT2D eigenvalue weighted by Gasteiger charge is -2.26. The van der Waals surface area contributed by atoms with Crippen molar-refractivity contribution in [2.24, 2.45) is 0 Å². The molecular formula is C8H2BrF7OS. The van der Waals surface area contributed by atoms with Crippen LogP contribution in [-0.4, -0.2) is 23.8 Å². The maximum atomic E-state index is 13.0. The average Bonchev–Trinajstić information content (AvgIpc) is 2.61. The molecule has 0 N–H and O–H groups in total. The first-order valence-electron chi connectivity index (χ1n) is 4.02. The number of carbonyl (C=O) groups excluding carboxylic acids is 1. The topological polar surface area (TPSA) is 17.1 Å². The van der Waals surface area contributed by atoms with Gasteiger partial charge in [-0.2, -0.15) is 30.7 Å². The highest BCUT2D eigenvalue weighted by Gasteiger charge is 2.76. The molecule has 0 spiro atoms. The maximum Gasteiger partial charge on any atom is 0.460 e. The summed E-state index contributed by atoms with van der Waals surface area (Å²) in [5.74, 6) is -14.8. The van der Waals surface area contributed by atoms with Crippen molar-refractivity contribution in [3.63, 3.8) is 0 Å². The number of hydrogen-bond acceptors (Lipinski definition) is 2. The summed E-state index contributed by atoms with van der Waals surface area (Å²) < 4.78 is 86.6. The van der Waals surface area contributed by atoms with Crippen LogP contribution in [-0.2, 0) is 0 Å². The fourth-order valence-corrected chi connectivity index (χ4v) is 2.31. The van der Waals surface area contributed by atoms with Crippen molar-refractivity contribution in [1.29, 1.82) is 0 Å². The fourth-order valence-electron chi connectivity index (χ4n) is 0.907. The molecule has 1 nitrogen and oxygen atoms in total. The normalized spacial score (nSPS) is 13.8. The molecule has 0 saturated carbocycles. The van der Waals surface area contributed by atoms with Crippen LogP contribution in [0.2, 0.25) is 0 Å². The first-order chi connectivity index (χ1) is 7.91. The monoisotopic (exact) mass is 358 g/mol. The van der Waals surface area contributed by atoms with E-state index in [9.17, 15) is 35.5 Å². The van der Waals surface area contributed by atoms with E-state index in [-0.39, 0.29) is 4.47 Å². The van der Waals surface area contributed by atoms with Crippen molar-refractivity contribution in [1.82, 2.24) is 0 Å². The van der Waals surface area contributed by atoms with Gasteiger partial charge in [0.1, 0.15) is 0 Å². The van der Waals surface area contributed by atoms with E-state index in [1.165, 1.54) is 0 Å². The molecule has 1 aromatic heterocycles. The molecule has 0 atom stereocenters. The summed E-state index contributed by atoms with van der Waals surface area (Å²) in [4.78, 5) is 10.1. The smallest absolute Gasteiger partial charge is 0.286 e. The highest BCUT2D eigenvalue weighted by atomic mass is 79.9. The van der Waals surface area contributed by atoms with Crippen molar-refractivity contribution in [2.75, 3.05) is 0 Å². The second-order valence-corrected chi connectivity index (χ2v) is 4.93. The second-order valence-electron chi connectivity index (χ2n) is 3.10. The number of halogens is 8. The van der Waals surface area contributed by atoms with Crippen LogP contribution in [0, 0.1) is 0 Å². The van der Waals surface area contributed by atoms with Gasteiger partial charge in [-0.05, 0) is 22.0 Å². The lowest BCUT2D eigenvalue weighted by atomic mass is 10.1. The van der Waals surface area contributed by atoms with Gasteiger partial charge in [0.25, 0.3) is 0 Å². The molecule has 0 saturated heterocycles. The third-order valence-corrected chi connectivity index (χ3v) is 3.52. The summed E-state index contributed by atoms with van der Waals surface area (Å²) in [6.07, 6.45) is -6.51. The van der Waals surface area contributed by atoms with Crippen LogP contribution >= 0.6 is 27.3 Å². The molecule has 0 bridgehead atoms. The van der Waals surface area contributed by atoms with E-state index in [1.54, 1.807) is 0 Å². The number of Topliss-reactive ketones (excluding diaryl/α,β-unsaturated/α-hetero) is 1. The predicted octanol–water partition coefficient (Wildman–Crippen LogP) is 4.53. The van der Waals surface area contributed by atoms with Crippen molar-refractivity contribution >= 4 is 33.0 Å². The van der Waals surface area contributed by atoms with Gasteiger partial charge in [0.15, 0.2) is 0 Å². The van der Waals surface area contributed by atoms with Crippen molar-refractivity contribution < 1.29 is 35.5 Å². The Labute approximate surface area is 108 Å². The van der Waals surface area contributed by atoms with Crippen LogP contribution < -0.4 is 0 Å². The van der Waals surface area contributed by atoms with Crippen molar-refractivity contribution in [3.05, 3.63) is 20.8 Å². The SMILES string of the molecule is O=C(c1cc(Br)cs1)C(F)(F)C(F)(F)C(F)(F)F. The van der Waals surface area contributed by atoms with E-state index in [4.69, 9.17) is 0 Å². The first-order valence-corrected chi connectivity index (χ1v) is 5.69. The molecule has 10 heteroatoms. The predicted molar refractivity (Wildman–Crippen MR) is 52.3 cm³/mol. The lowest BCUT2D eigenvalue weighted by Crippen LogP contribution is -2.56. The third-order valence-electron chi connectivity index (χ3n) is 1.83. The summed E-state index contributed by atoms with van der Waals surface area (Å²) in [5.41, 5.74) is 0. The Kier molecular flexibility index (Phi) is 3.84. The van der Waals surface area contributed by atoms with Crippen LogP contribution in [0.5, 0.6) is 0 Å². The summed E-state index contributed by atoms with van der Waals surface area (Å²) in [5, 5.41) is 1.11. The average molecular weight is 359 g/mol. The molecule has 0 radical (unpaired) electrons. The van der Waals surface area contributed by atoms with Crippen LogP contribution in [0.4, 0.5) is 30.7 Å². The molecule has 0 aliphatic rings.